The molecule has 0 amide bonds. The van der Waals surface area contributed by atoms with Crippen molar-refractivity contribution in [1.29, 1.82) is 0 Å². The van der Waals surface area contributed by atoms with E-state index in [0.717, 1.165) is 12.8 Å². The van der Waals surface area contributed by atoms with Crippen molar-refractivity contribution in [2.45, 2.75) is 45.6 Å². The van der Waals surface area contributed by atoms with Crippen LogP contribution in [0.2, 0.25) is 0 Å². The van der Waals surface area contributed by atoms with E-state index in [0.29, 0.717) is 11.5 Å². The molecule has 2 nitrogen and oxygen atoms in total. The third-order valence-corrected chi connectivity index (χ3v) is 3.82. The maximum absolute atomic E-state index is 11.8. The van der Waals surface area contributed by atoms with Crippen molar-refractivity contribution >= 4 is 5.97 Å². The number of ether oxygens (including phenoxy) is 1. The van der Waals surface area contributed by atoms with Gasteiger partial charge in [-0.1, -0.05) is 44.2 Å². The minimum atomic E-state index is -0.285. The first-order chi connectivity index (χ1) is 9.09. The second-order valence-electron chi connectivity index (χ2n) is 5.53. The van der Waals surface area contributed by atoms with E-state index in [1.165, 1.54) is 24.0 Å². The van der Waals surface area contributed by atoms with Crippen LogP contribution < -0.4 is 0 Å². The van der Waals surface area contributed by atoms with Crippen molar-refractivity contribution < 1.29 is 9.53 Å². The van der Waals surface area contributed by atoms with Crippen molar-refractivity contribution in [1.82, 2.24) is 0 Å². The third-order valence-electron chi connectivity index (χ3n) is 3.82. The number of rotatable bonds is 2. The van der Waals surface area contributed by atoms with Gasteiger partial charge in [0.05, 0.1) is 0 Å². The quantitative estimate of drug-likeness (QED) is 0.586. The molecule has 102 valence electrons. The van der Waals surface area contributed by atoms with Crippen LogP contribution in [-0.2, 0) is 16.0 Å². The first kappa shape index (κ1) is 13.9. The summed E-state index contributed by atoms with van der Waals surface area (Å²) >= 11 is 0. The predicted molar refractivity (Wildman–Crippen MR) is 76.8 cm³/mol. The number of benzene rings is 1. The topological polar surface area (TPSA) is 26.3 Å². The molecule has 0 aromatic heterocycles. The van der Waals surface area contributed by atoms with Gasteiger partial charge in [-0.05, 0) is 43.2 Å². The highest BCUT2D eigenvalue weighted by Crippen LogP contribution is 2.35. The van der Waals surface area contributed by atoms with Gasteiger partial charge < -0.3 is 4.74 Å². The van der Waals surface area contributed by atoms with Crippen LogP contribution in [0.25, 0.3) is 0 Å². The molecule has 2 rings (SSSR count). The molecule has 1 aliphatic carbocycles. The van der Waals surface area contributed by atoms with Crippen LogP contribution in [0.3, 0.4) is 0 Å². The van der Waals surface area contributed by atoms with Crippen molar-refractivity contribution in [2.24, 2.45) is 5.92 Å². The molecule has 0 aliphatic heterocycles. The van der Waals surface area contributed by atoms with Crippen molar-refractivity contribution in [3.05, 3.63) is 47.5 Å². The lowest BCUT2D eigenvalue weighted by molar-refractivity contribution is -0.147. The third kappa shape index (κ3) is 3.25. The molecule has 0 heterocycles. The predicted octanol–water partition coefficient (Wildman–Crippen LogP) is 4.21. The highest BCUT2D eigenvalue weighted by molar-refractivity contribution is 5.87. The number of hydrogen-bond donors (Lipinski definition) is 0. The van der Waals surface area contributed by atoms with Gasteiger partial charge in [-0.2, -0.15) is 0 Å². The molecule has 19 heavy (non-hydrogen) atoms. The monoisotopic (exact) mass is 258 g/mol. The summed E-state index contributed by atoms with van der Waals surface area (Å²) in [5.41, 5.74) is 2.95. The zero-order valence-electron chi connectivity index (χ0n) is 11.8. The molecule has 1 aromatic rings. The second kappa shape index (κ2) is 6.05. The number of carbonyl (C=O) groups excluding carboxylic acids is 1. The summed E-state index contributed by atoms with van der Waals surface area (Å²) in [6, 6.07) is 8.32. The second-order valence-corrected chi connectivity index (χ2v) is 5.53. The molecule has 2 atom stereocenters. The molecule has 0 saturated heterocycles. The van der Waals surface area contributed by atoms with Crippen LogP contribution >= 0.6 is 0 Å². The Labute approximate surface area is 115 Å². The number of hydrogen-bond acceptors (Lipinski definition) is 2. The molecule has 0 bridgehead atoms. The maximum Gasteiger partial charge on any atom is 0.333 e. The zero-order chi connectivity index (χ0) is 13.8. The van der Waals surface area contributed by atoms with Gasteiger partial charge in [0.25, 0.3) is 0 Å². The largest absolute Gasteiger partial charge is 0.454 e. The molecule has 0 fully saturated rings. The average Bonchev–Trinajstić information content (AvgIpc) is 2.39. The fourth-order valence-corrected chi connectivity index (χ4v) is 2.67. The molecular formula is C17H22O2. The van der Waals surface area contributed by atoms with E-state index >= 15 is 0 Å². The molecule has 0 radical (unpaired) electrons. The summed E-state index contributed by atoms with van der Waals surface area (Å²) in [5, 5.41) is 0. The molecule has 1 aromatic carbocycles. The van der Waals surface area contributed by atoms with E-state index in [9.17, 15) is 4.79 Å². The van der Waals surface area contributed by atoms with Gasteiger partial charge in [-0.15, -0.1) is 0 Å². The fraction of sp³-hybridized carbons (Fsp3) is 0.471. The summed E-state index contributed by atoms with van der Waals surface area (Å²) < 4.78 is 5.69. The van der Waals surface area contributed by atoms with Gasteiger partial charge in [0, 0.05) is 5.57 Å². The van der Waals surface area contributed by atoms with Crippen molar-refractivity contribution in [2.75, 3.05) is 0 Å². The SMILES string of the molecule is C=C(C)C(=O)OC1c2ccccc2CCCCC1C. The van der Waals surface area contributed by atoms with Crippen molar-refractivity contribution in [3.63, 3.8) is 0 Å². The van der Waals surface area contributed by atoms with Crippen LogP contribution in [0.1, 0.15) is 50.3 Å². The van der Waals surface area contributed by atoms with E-state index in [4.69, 9.17) is 4.74 Å². The normalized spacial score (nSPS) is 22.8. The summed E-state index contributed by atoms with van der Waals surface area (Å²) in [6.45, 7) is 7.53. The number of fused-ring (bicyclic) bond motifs is 1. The Balaban J connectivity index is 2.32. The minimum Gasteiger partial charge on any atom is -0.454 e. The Morgan fingerprint density at radius 3 is 2.79 bits per heavy atom. The minimum absolute atomic E-state index is 0.138. The summed E-state index contributed by atoms with van der Waals surface area (Å²) in [4.78, 5) is 11.8. The molecule has 1 aliphatic rings. The molecule has 0 N–H and O–H groups in total. The number of carbonyl (C=O) groups is 1. The summed E-state index contributed by atoms with van der Waals surface area (Å²) in [7, 11) is 0. The lowest BCUT2D eigenvalue weighted by Crippen LogP contribution is -2.21. The zero-order valence-corrected chi connectivity index (χ0v) is 11.8. The molecule has 0 spiro atoms. The first-order valence-corrected chi connectivity index (χ1v) is 7.04. The fourth-order valence-electron chi connectivity index (χ4n) is 2.67. The average molecular weight is 258 g/mol. The van der Waals surface area contributed by atoms with E-state index in [1.54, 1.807) is 6.92 Å². The number of esters is 1. The standard InChI is InChI=1S/C17H22O2/c1-12(2)17(18)19-16-13(3)8-4-5-9-14-10-6-7-11-15(14)16/h6-7,10-11,13,16H,1,4-5,8-9H2,2-3H3. The van der Waals surface area contributed by atoms with E-state index in [1.807, 2.05) is 6.07 Å². The number of aryl methyl sites for hydroxylation is 1. The summed E-state index contributed by atoms with van der Waals surface area (Å²) in [5.74, 6) is 0.0666. The Bertz CT molecular complexity index is 476. The highest BCUT2D eigenvalue weighted by atomic mass is 16.5. The van der Waals surface area contributed by atoms with Gasteiger partial charge in [0.2, 0.25) is 0 Å². The van der Waals surface area contributed by atoms with E-state index in [-0.39, 0.29) is 12.1 Å². The lowest BCUT2D eigenvalue weighted by Gasteiger charge is -2.28. The lowest BCUT2D eigenvalue weighted by atomic mass is 9.85. The molecule has 2 heteroatoms. The van der Waals surface area contributed by atoms with E-state index < -0.39 is 0 Å². The van der Waals surface area contributed by atoms with Gasteiger partial charge >= 0.3 is 5.97 Å². The molecule has 2 unspecified atom stereocenters. The van der Waals surface area contributed by atoms with Gasteiger partial charge in [-0.25, -0.2) is 4.79 Å². The van der Waals surface area contributed by atoms with Gasteiger partial charge in [0.15, 0.2) is 0 Å². The molecule has 0 saturated carbocycles. The highest BCUT2D eigenvalue weighted by Gasteiger charge is 2.27. The molecular weight excluding hydrogens is 236 g/mol. The van der Waals surface area contributed by atoms with Crippen LogP contribution in [0.4, 0.5) is 0 Å². The van der Waals surface area contributed by atoms with Crippen LogP contribution in [0.5, 0.6) is 0 Å². The Hall–Kier alpha value is -1.57. The maximum atomic E-state index is 11.8. The van der Waals surface area contributed by atoms with Crippen LogP contribution in [0, 0.1) is 5.92 Å². The Morgan fingerprint density at radius 2 is 2.05 bits per heavy atom. The Morgan fingerprint density at radius 1 is 1.32 bits per heavy atom. The van der Waals surface area contributed by atoms with Gasteiger partial charge in [0.1, 0.15) is 6.10 Å². The van der Waals surface area contributed by atoms with E-state index in [2.05, 4.69) is 31.7 Å². The first-order valence-electron chi connectivity index (χ1n) is 7.04. The smallest absolute Gasteiger partial charge is 0.333 e. The summed E-state index contributed by atoms with van der Waals surface area (Å²) in [6.07, 6.45) is 4.44. The Kier molecular flexibility index (Phi) is 4.41. The van der Waals surface area contributed by atoms with Crippen molar-refractivity contribution in [3.8, 4) is 0 Å². The van der Waals surface area contributed by atoms with Crippen LogP contribution in [-0.4, -0.2) is 5.97 Å². The van der Waals surface area contributed by atoms with Gasteiger partial charge in [-0.3, -0.25) is 0 Å². The van der Waals surface area contributed by atoms with Crippen LogP contribution in [0.15, 0.2) is 36.4 Å².